The van der Waals surface area contributed by atoms with Crippen LogP contribution in [0.3, 0.4) is 0 Å². The fraction of sp³-hybridized carbons (Fsp3) is 0.647. The van der Waals surface area contributed by atoms with Gasteiger partial charge in [0.1, 0.15) is 5.75 Å². The van der Waals surface area contributed by atoms with Crippen molar-refractivity contribution in [2.24, 2.45) is 0 Å². The summed E-state index contributed by atoms with van der Waals surface area (Å²) in [4.78, 5) is 2.52. The molecule has 0 aromatic heterocycles. The van der Waals surface area contributed by atoms with Gasteiger partial charge in [0, 0.05) is 18.3 Å². The molecule has 0 fully saturated rings. The molecule has 1 aromatic carbocycles. The van der Waals surface area contributed by atoms with E-state index >= 15 is 0 Å². The first-order chi connectivity index (χ1) is 9.22. The Kier molecular flexibility index (Phi) is 7.39. The SMILES string of the molecule is CCCCCN(c1ccc(OCC)cc1)[C@@H](C)CC. The highest BCUT2D eigenvalue weighted by Crippen LogP contribution is 2.23. The first kappa shape index (κ1) is 15.9. The first-order valence-corrected chi connectivity index (χ1v) is 7.72. The van der Waals surface area contributed by atoms with Gasteiger partial charge in [-0.3, -0.25) is 0 Å². The predicted molar refractivity (Wildman–Crippen MR) is 84.2 cm³/mol. The molecular formula is C17H29NO. The van der Waals surface area contributed by atoms with E-state index in [-0.39, 0.29) is 0 Å². The van der Waals surface area contributed by atoms with Crippen LogP contribution >= 0.6 is 0 Å². The number of hydrogen-bond donors (Lipinski definition) is 0. The van der Waals surface area contributed by atoms with Crippen molar-refractivity contribution in [2.45, 2.75) is 59.4 Å². The summed E-state index contributed by atoms with van der Waals surface area (Å²) >= 11 is 0. The van der Waals surface area contributed by atoms with Gasteiger partial charge in [0.15, 0.2) is 0 Å². The number of ether oxygens (including phenoxy) is 1. The van der Waals surface area contributed by atoms with Crippen LogP contribution in [-0.2, 0) is 0 Å². The van der Waals surface area contributed by atoms with E-state index < -0.39 is 0 Å². The molecular weight excluding hydrogens is 234 g/mol. The molecule has 2 nitrogen and oxygen atoms in total. The summed E-state index contributed by atoms with van der Waals surface area (Å²) in [6.45, 7) is 10.7. The maximum Gasteiger partial charge on any atom is 0.119 e. The monoisotopic (exact) mass is 263 g/mol. The molecule has 0 radical (unpaired) electrons. The Morgan fingerprint density at radius 2 is 1.74 bits per heavy atom. The average Bonchev–Trinajstić information content (AvgIpc) is 2.44. The highest BCUT2D eigenvalue weighted by atomic mass is 16.5. The van der Waals surface area contributed by atoms with Gasteiger partial charge < -0.3 is 9.64 Å². The van der Waals surface area contributed by atoms with Crippen LogP contribution in [0.2, 0.25) is 0 Å². The van der Waals surface area contributed by atoms with Crippen molar-refractivity contribution in [1.82, 2.24) is 0 Å². The van der Waals surface area contributed by atoms with Crippen molar-refractivity contribution in [2.75, 3.05) is 18.1 Å². The average molecular weight is 263 g/mol. The van der Waals surface area contributed by atoms with Crippen molar-refractivity contribution in [3.63, 3.8) is 0 Å². The first-order valence-electron chi connectivity index (χ1n) is 7.72. The zero-order valence-electron chi connectivity index (χ0n) is 13.0. The third kappa shape index (κ3) is 5.14. The molecule has 1 aromatic rings. The minimum Gasteiger partial charge on any atom is -0.494 e. The maximum atomic E-state index is 5.51. The lowest BCUT2D eigenvalue weighted by atomic mass is 10.1. The van der Waals surface area contributed by atoms with E-state index in [1.807, 2.05) is 6.92 Å². The predicted octanol–water partition coefficient (Wildman–Crippen LogP) is 4.88. The maximum absolute atomic E-state index is 5.51. The van der Waals surface area contributed by atoms with Gasteiger partial charge in [-0.1, -0.05) is 26.7 Å². The van der Waals surface area contributed by atoms with Crippen LogP contribution in [0.25, 0.3) is 0 Å². The molecule has 0 amide bonds. The van der Waals surface area contributed by atoms with Crippen LogP contribution in [0.5, 0.6) is 5.75 Å². The van der Waals surface area contributed by atoms with E-state index in [9.17, 15) is 0 Å². The number of nitrogens with zero attached hydrogens (tertiary/aromatic N) is 1. The standard InChI is InChI=1S/C17H29NO/c1-5-8-9-14-18(15(4)6-2)16-10-12-17(13-11-16)19-7-3/h10-13,15H,5-9,14H2,1-4H3/t15-/m0/s1. The topological polar surface area (TPSA) is 12.5 Å². The Morgan fingerprint density at radius 3 is 2.26 bits per heavy atom. The van der Waals surface area contributed by atoms with E-state index in [1.54, 1.807) is 0 Å². The molecule has 2 heteroatoms. The molecule has 0 spiro atoms. The van der Waals surface area contributed by atoms with Crippen molar-refractivity contribution in [3.8, 4) is 5.75 Å². The van der Waals surface area contributed by atoms with E-state index in [1.165, 1.54) is 31.4 Å². The van der Waals surface area contributed by atoms with Gasteiger partial charge in [-0.2, -0.15) is 0 Å². The molecule has 0 saturated heterocycles. The summed E-state index contributed by atoms with van der Waals surface area (Å²) in [5.41, 5.74) is 1.31. The molecule has 19 heavy (non-hydrogen) atoms. The Bertz CT molecular complexity index is 334. The smallest absolute Gasteiger partial charge is 0.119 e. The minimum absolute atomic E-state index is 0.592. The summed E-state index contributed by atoms with van der Waals surface area (Å²) in [5.74, 6) is 0.962. The van der Waals surface area contributed by atoms with Gasteiger partial charge >= 0.3 is 0 Å². The summed E-state index contributed by atoms with van der Waals surface area (Å²) in [5, 5.41) is 0. The number of unbranched alkanes of at least 4 members (excludes halogenated alkanes) is 2. The van der Waals surface area contributed by atoms with Crippen molar-refractivity contribution >= 4 is 5.69 Å². The van der Waals surface area contributed by atoms with Crippen molar-refractivity contribution in [3.05, 3.63) is 24.3 Å². The second kappa shape index (κ2) is 8.84. The Morgan fingerprint density at radius 1 is 1.05 bits per heavy atom. The number of rotatable bonds is 9. The lowest BCUT2D eigenvalue weighted by Crippen LogP contribution is -2.33. The summed E-state index contributed by atoms with van der Waals surface area (Å²) in [6.07, 6.45) is 5.04. The lowest BCUT2D eigenvalue weighted by molar-refractivity contribution is 0.340. The molecule has 0 bridgehead atoms. The fourth-order valence-corrected chi connectivity index (χ4v) is 2.26. The fourth-order valence-electron chi connectivity index (χ4n) is 2.26. The Balaban J connectivity index is 2.72. The summed E-state index contributed by atoms with van der Waals surface area (Å²) < 4.78 is 5.51. The highest BCUT2D eigenvalue weighted by Gasteiger charge is 2.12. The van der Waals surface area contributed by atoms with Gasteiger partial charge in [0.25, 0.3) is 0 Å². The minimum atomic E-state index is 0.592. The molecule has 0 aliphatic heterocycles. The van der Waals surface area contributed by atoms with Crippen LogP contribution in [0.4, 0.5) is 5.69 Å². The summed E-state index contributed by atoms with van der Waals surface area (Å²) in [7, 11) is 0. The van der Waals surface area contributed by atoms with Crippen molar-refractivity contribution in [1.29, 1.82) is 0 Å². The van der Waals surface area contributed by atoms with Crippen LogP contribution in [-0.4, -0.2) is 19.2 Å². The molecule has 0 unspecified atom stereocenters. The molecule has 0 aliphatic carbocycles. The van der Waals surface area contributed by atoms with Gasteiger partial charge in [0.2, 0.25) is 0 Å². The van der Waals surface area contributed by atoms with Crippen LogP contribution in [0.1, 0.15) is 53.4 Å². The van der Waals surface area contributed by atoms with Gasteiger partial charge in [-0.25, -0.2) is 0 Å². The van der Waals surface area contributed by atoms with E-state index in [2.05, 4.69) is 49.9 Å². The van der Waals surface area contributed by atoms with Gasteiger partial charge in [0.05, 0.1) is 6.61 Å². The van der Waals surface area contributed by atoms with E-state index in [0.29, 0.717) is 6.04 Å². The van der Waals surface area contributed by atoms with E-state index in [4.69, 9.17) is 4.74 Å². The van der Waals surface area contributed by atoms with Gasteiger partial charge in [-0.05, 0) is 51.0 Å². The Labute approximate surface area is 118 Å². The van der Waals surface area contributed by atoms with Gasteiger partial charge in [-0.15, -0.1) is 0 Å². The quantitative estimate of drug-likeness (QED) is 0.589. The second-order valence-electron chi connectivity index (χ2n) is 5.08. The van der Waals surface area contributed by atoms with Crippen LogP contribution in [0, 0.1) is 0 Å². The second-order valence-corrected chi connectivity index (χ2v) is 5.08. The third-order valence-corrected chi connectivity index (χ3v) is 3.60. The highest BCUT2D eigenvalue weighted by molar-refractivity contribution is 5.49. The lowest BCUT2D eigenvalue weighted by Gasteiger charge is -2.31. The molecule has 0 N–H and O–H groups in total. The van der Waals surface area contributed by atoms with E-state index in [0.717, 1.165) is 18.9 Å². The molecule has 108 valence electrons. The number of hydrogen-bond acceptors (Lipinski definition) is 2. The largest absolute Gasteiger partial charge is 0.494 e. The van der Waals surface area contributed by atoms with Crippen molar-refractivity contribution < 1.29 is 4.74 Å². The number of benzene rings is 1. The number of anilines is 1. The molecule has 1 atom stereocenters. The third-order valence-electron chi connectivity index (χ3n) is 3.60. The molecule has 0 heterocycles. The zero-order chi connectivity index (χ0) is 14.1. The molecule has 0 saturated carbocycles. The normalized spacial score (nSPS) is 12.2. The summed E-state index contributed by atoms with van der Waals surface area (Å²) in [6, 6.07) is 9.11. The van der Waals surface area contributed by atoms with Crippen LogP contribution in [0.15, 0.2) is 24.3 Å². The zero-order valence-corrected chi connectivity index (χ0v) is 13.0. The molecule has 0 aliphatic rings. The molecule has 1 rings (SSSR count). The Hall–Kier alpha value is -1.18. The van der Waals surface area contributed by atoms with Crippen LogP contribution < -0.4 is 9.64 Å².